The summed E-state index contributed by atoms with van der Waals surface area (Å²) >= 11 is 0. The van der Waals surface area contributed by atoms with Gasteiger partial charge in [-0.05, 0) is 38.0 Å². The molecule has 0 aromatic carbocycles. The molecule has 1 fully saturated rings. The van der Waals surface area contributed by atoms with E-state index in [9.17, 15) is 14.7 Å². The molecule has 1 aliphatic rings. The van der Waals surface area contributed by atoms with E-state index in [2.05, 4.69) is 4.98 Å². The Morgan fingerprint density at radius 3 is 2.71 bits per heavy atom. The standard InChI is InChI=1S/C14H17N4O3/c1-7(2)12(16)18-11(14(20)21)9(13(18)19)5-8-3-4-17-10(15)6-8/h3-4,6,9,11,16H,5H2,1-2H3,(H2,15,17)(H,20,21)/q-1/t9-,11+/m1/s1. The molecule has 1 saturated heterocycles. The maximum Gasteiger partial charge on any atom is 0.306 e. The lowest BCUT2D eigenvalue weighted by molar-refractivity contribution is -0.167. The van der Waals surface area contributed by atoms with Crippen LogP contribution in [-0.2, 0) is 16.0 Å². The molecule has 0 bridgehead atoms. The van der Waals surface area contributed by atoms with Gasteiger partial charge < -0.3 is 21.5 Å². The Morgan fingerprint density at radius 2 is 2.19 bits per heavy atom. The van der Waals surface area contributed by atoms with E-state index in [1.54, 1.807) is 26.0 Å². The van der Waals surface area contributed by atoms with Crippen molar-refractivity contribution in [3.8, 4) is 0 Å². The topological polar surface area (TPSA) is 120 Å². The van der Waals surface area contributed by atoms with Crippen molar-refractivity contribution in [2.24, 2.45) is 5.92 Å². The van der Waals surface area contributed by atoms with Gasteiger partial charge in [0.05, 0.1) is 6.04 Å². The van der Waals surface area contributed by atoms with Gasteiger partial charge in [-0.15, -0.1) is 0 Å². The zero-order valence-corrected chi connectivity index (χ0v) is 11.8. The van der Waals surface area contributed by atoms with Crippen LogP contribution in [0, 0.1) is 5.92 Å². The number of amides is 1. The fourth-order valence-corrected chi connectivity index (χ4v) is 2.40. The molecule has 112 valence electrons. The Hall–Kier alpha value is -2.57. The van der Waals surface area contributed by atoms with Crippen LogP contribution in [0.4, 0.5) is 5.82 Å². The van der Waals surface area contributed by atoms with Gasteiger partial charge in [0, 0.05) is 12.1 Å². The molecular formula is C14H17N4O3-. The Labute approximate surface area is 122 Å². The fraction of sp³-hybridized carbons (Fsp3) is 0.357. The van der Waals surface area contributed by atoms with Crippen LogP contribution < -0.4 is 5.73 Å². The molecule has 0 radical (unpaired) electrons. The SMILES string of the molecule is CC(C)=C([NH-])N1C(=O)[C@H](Cc2ccnc(N)c2)[C@H]1C(=O)O. The average Bonchev–Trinajstić information content (AvgIpc) is 2.40. The molecule has 1 aliphatic heterocycles. The normalized spacial score (nSPS) is 20.9. The van der Waals surface area contributed by atoms with Gasteiger partial charge in [-0.3, -0.25) is 9.59 Å². The van der Waals surface area contributed by atoms with Crippen molar-refractivity contribution in [1.82, 2.24) is 9.88 Å². The van der Waals surface area contributed by atoms with Gasteiger partial charge in [0.15, 0.2) is 5.91 Å². The number of nitrogens with two attached hydrogens (primary N) is 1. The minimum atomic E-state index is -1.10. The van der Waals surface area contributed by atoms with Gasteiger partial charge in [0.2, 0.25) is 0 Å². The summed E-state index contributed by atoms with van der Waals surface area (Å²) in [6.07, 6.45) is 1.79. The molecule has 2 atom stereocenters. The monoisotopic (exact) mass is 289 g/mol. The molecule has 0 aliphatic carbocycles. The van der Waals surface area contributed by atoms with Crippen molar-refractivity contribution in [3.63, 3.8) is 0 Å². The summed E-state index contributed by atoms with van der Waals surface area (Å²) in [6, 6.07) is 2.32. The smallest absolute Gasteiger partial charge is 0.306 e. The number of β-lactam (4-membered cyclic amide) rings is 1. The van der Waals surface area contributed by atoms with Crippen LogP contribution in [0.5, 0.6) is 0 Å². The second kappa shape index (κ2) is 5.43. The highest BCUT2D eigenvalue weighted by Gasteiger charge is 2.46. The number of aromatic nitrogens is 1. The minimum Gasteiger partial charge on any atom is -0.482 e. The third kappa shape index (κ3) is 2.67. The first-order chi connectivity index (χ1) is 9.82. The zero-order chi connectivity index (χ0) is 15.7. The highest BCUT2D eigenvalue weighted by atomic mass is 16.4. The Morgan fingerprint density at radius 1 is 1.52 bits per heavy atom. The van der Waals surface area contributed by atoms with Crippen molar-refractivity contribution in [2.45, 2.75) is 26.3 Å². The molecule has 1 amide bonds. The number of hydrogen-bond donors (Lipinski definition) is 2. The molecule has 2 heterocycles. The molecule has 7 nitrogen and oxygen atoms in total. The lowest BCUT2D eigenvalue weighted by Gasteiger charge is -2.53. The number of carboxylic acid groups (broad SMARTS) is 1. The van der Waals surface area contributed by atoms with Gasteiger partial charge in [-0.2, -0.15) is 0 Å². The number of anilines is 1. The predicted molar refractivity (Wildman–Crippen MR) is 76.8 cm³/mol. The number of carboxylic acids is 1. The number of nitrogens with zero attached hydrogens (tertiary/aromatic N) is 2. The van der Waals surface area contributed by atoms with E-state index in [-0.39, 0.29) is 18.1 Å². The van der Waals surface area contributed by atoms with E-state index in [1.807, 2.05) is 0 Å². The van der Waals surface area contributed by atoms with Gasteiger partial charge >= 0.3 is 5.97 Å². The number of nitrogens with one attached hydrogen (secondary N) is 1. The first-order valence-electron chi connectivity index (χ1n) is 6.48. The highest BCUT2D eigenvalue weighted by molar-refractivity contribution is 5.98. The summed E-state index contributed by atoms with van der Waals surface area (Å²) < 4.78 is 0. The third-order valence-electron chi connectivity index (χ3n) is 3.48. The van der Waals surface area contributed by atoms with E-state index >= 15 is 0 Å². The van der Waals surface area contributed by atoms with E-state index in [4.69, 9.17) is 11.5 Å². The average molecular weight is 289 g/mol. The van der Waals surface area contributed by atoms with Crippen LogP contribution in [0.15, 0.2) is 29.7 Å². The van der Waals surface area contributed by atoms with Crippen LogP contribution >= 0.6 is 0 Å². The molecule has 0 saturated carbocycles. The summed E-state index contributed by atoms with van der Waals surface area (Å²) in [4.78, 5) is 28.5. The predicted octanol–water partition coefficient (Wildman–Crippen LogP) is 1.42. The van der Waals surface area contributed by atoms with Crippen LogP contribution in [0.2, 0.25) is 0 Å². The van der Waals surface area contributed by atoms with Crippen molar-refractivity contribution >= 4 is 17.7 Å². The van der Waals surface area contributed by atoms with Crippen molar-refractivity contribution in [2.75, 3.05) is 5.73 Å². The van der Waals surface area contributed by atoms with Crippen LogP contribution in [0.25, 0.3) is 5.73 Å². The first kappa shape index (κ1) is 14.8. The molecule has 4 N–H and O–H groups in total. The minimum absolute atomic E-state index is 0.0436. The molecular weight excluding hydrogens is 272 g/mol. The number of allylic oxidation sites excluding steroid dienone is 1. The van der Waals surface area contributed by atoms with Gasteiger partial charge in [0.25, 0.3) is 0 Å². The Kier molecular flexibility index (Phi) is 3.84. The van der Waals surface area contributed by atoms with E-state index in [0.29, 0.717) is 11.4 Å². The molecule has 1 aromatic rings. The summed E-state index contributed by atoms with van der Waals surface area (Å²) in [5.41, 5.74) is 14.8. The number of hydrogen-bond acceptors (Lipinski definition) is 4. The maximum atomic E-state index is 12.2. The number of likely N-dealkylation sites (tertiary alicyclic amines) is 1. The number of nitrogen functional groups attached to an aromatic ring is 1. The molecule has 21 heavy (non-hydrogen) atoms. The lowest BCUT2D eigenvalue weighted by atomic mass is 9.82. The summed E-state index contributed by atoms with van der Waals surface area (Å²) in [6.45, 7) is 3.34. The second-order valence-corrected chi connectivity index (χ2v) is 5.24. The van der Waals surface area contributed by atoms with Crippen molar-refractivity contribution in [3.05, 3.63) is 41.0 Å². The molecule has 1 aromatic heterocycles. The maximum absolute atomic E-state index is 12.2. The second-order valence-electron chi connectivity index (χ2n) is 5.24. The summed E-state index contributed by atoms with van der Waals surface area (Å²) in [5.74, 6) is -1.84. The Bertz CT molecular complexity index is 622. The van der Waals surface area contributed by atoms with Gasteiger partial charge in [0.1, 0.15) is 5.82 Å². The molecule has 7 heteroatoms. The summed E-state index contributed by atoms with van der Waals surface area (Å²) in [5, 5.41) is 9.32. The van der Waals surface area contributed by atoms with Crippen LogP contribution in [0.3, 0.4) is 0 Å². The molecule has 0 unspecified atom stereocenters. The van der Waals surface area contributed by atoms with Gasteiger partial charge in [-0.25, -0.2) is 4.98 Å². The molecule has 0 spiro atoms. The number of aliphatic carboxylic acids is 1. The van der Waals surface area contributed by atoms with E-state index in [0.717, 1.165) is 10.5 Å². The van der Waals surface area contributed by atoms with Crippen LogP contribution in [0.1, 0.15) is 19.4 Å². The van der Waals surface area contributed by atoms with E-state index in [1.165, 1.54) is 6.20 Å². The first-order valence-corrected chi connectivity index (χ1v) is 6.48. The number of pyridine rings is 1. The quantitative estimate of drug-likeness (QED) is 0.812. The number of rotatable bonds is 4. The lowest BCUT2D eigenvalue weighted by Crippen LogP contribution is -2.64. The van der Waals surface area contributed by atoms with Crippen molar-refractivity contribution in [1.29, 1.82) is 0 Å². The van der Waals surface area contributed by atoms with E-state index < -0.39 is 17.9 Å². The van der Waals surface area contributed by atoms with Crippen molar-refractivity contribution < 1.29 is 14.7 Å². The fourth-order valence-electron chi connectivity index (χ4n) is 2.40. The molecule has 2 rings (SSSR count). The number of carbonyl (C=O) groups is 2. The van der Waals surface area contributed by atoms with Gasteiger partial charge in [-0.1, -0.05) is 11.4 Å². The largest absolute Gasteiger partial charge is 0.482 e. The Balaban J connectivity index is 2.23. The van der Waals surface area contributed by atoms with Crippen LogP contribution in [-0.4, -0.2) is 32.9 Å². The third-order valence-corrected chi connectivity index (χ3v) is 3.48. The number of carbonyl (C=O) groups excluding carboxylic acids is 1. The highest BCUT2D eigenvalue weighted by Crippen LogP contribution is 2.34. The zero-order valence-electron chi connectivity index (χ0n) is 11.8. The summed E-state index contributed by atoms with van der Waals surface area (Å²) in [7, 11) is 0.